The number of terminal acetylenes is 1. The molecule has 1 aliphatic carbocycles. The molecule has 0 aliphatic heterocycles. The minimum absolute atomic E-state index is 0.505. The van der Waals surface area contributed by atoms with Gasteiger partial charge in [-0.3, -0.25) is 0 Å². The predicted molar refractivity (Wildman–Crippen MR) is 129 cm³/mol. The van der Waals surface area contributed by atoms with Crippen LogP contribution in [0.5, 0.6) is 0 Å². The highest BCUT2D eigenvalue weighted by Gasteiger charge is 2.15. The summed E-state index contributed by atoms with van der Waals surface area (Å²) in [5.74, 6) is 4.50. The fourth-order valence-electron chi connectivity index (χ4n) is 4.09. The van der Waals surface area contributed by atoms with Crippen LogP contribution in [-0.4, -0.2) is 28.6 Å². The number of ether oxygens (including phenoxy) is 1. The first-order valence-electron chi connectivity index (χ1n) is 11.1. The summed E-state index contributed by atoms with van der Waals surface area (Å²) < 4.78 is 5.23. The average molecular weight is 428 g/mol. The van der Waals surface area contributed by atoms with Gasteiger partial charge in [0.05, 0.1) is 19.0 Å². The third-order valence-corrected chi connectivity index (χ3v) is 5.84. The quantitative estimate of drug-likeness (QED) is 0.469. The lowest BCUT2D eigenvalue weighted by Gasteiger charge is -2.23. The van der Waals surface area contributed by atoms with Crippen molar-refractivity contribution in [2.75, 3.05) is 24.3 Å². The van der Waals surface area contributed by atoms with Gasteiger partial charge in [-0.05, 0) is 35.8 Å². The van der Waals surface area contributed by atoms with Gasteiger partial charge in [0.25, 0.3) is 0 Å². The first-order valence-corrected chi connectivity index (χ1v) is 11.1. The lowest BCUT2D eigenvalue weighted by molar-refractivity contribution is 0.185. The Kier molecular flexibility index (Phi) is 7.31. The van der Waals surface area contributed by atoms with Gasteiger partial charge in [-0.2, -0.15) is 0 Å². The molecule has 2 heterocycles. The molecule has 0 unspecified atom stereocenters. The Labute approximate surface area is 189 Å². The molecule has 3 aromatic rings. The Balaban J connectivity index is 1.57. The van der Waals surface area contributed by atoms with Crippen molar-refractivity contribution in [1.82, 2.24) is 15.0 Å². The Morgan fingerprint density at radius 2 is 1.78 bits per heavy atom. The maximum atomic E-state index is 5.36. The summed E-state index contributed by atoms with van der Waals surface area (Å²) in [5.41, 5.74) is 4.90. The minimum Gasteiger partial charge on any atom is -0.384 e. The number of nitrogens with one attached hydrogen (secondary N) is 2. The number of rotatable bonds is 8. The Morgan fingerprint density at radius 1 is 1.00 bits per heavy atom. The van der Waals surface area contributed by atoms with E-state index in [0.717, 1.165) is 28.9 Å². The van der Waals surface area contributed by atoms with Gasteiger partial charge in [-0.25, -0.2) is 15.0 Å². The molecule has 0 amide bonds. The van der Waals surface area contributed by atoms with Crippen molar-refractivity contribution in [2.45, 2.75) is 38.7 Å². The van der Waals surface area contributed by atoms with E-state index in [9.17, 15) is 0 Å². The van der Waals surface area contributed by atoms with Crippen molar-refractivity contribution in [3.05, 3.63) is 60.2 Å². The van der Waals surface area contributed by atoms with E-state index >= 15 is 0 Å². The summed E-state index contributed by atoms with van der Waals surface area (Å²) in [7, 11) is 1.71. The molecule has 1 fully saturated rings. The van der Waals surface area contributed by atoms with Crippen LogP contribution in [0, 0.1) is 18.3 Å². The summed E-state index contributed by atoms with van der Waals surface area (Å²) in [6.45, 7) is 1.57. The molecule has 164 valence electrons. The van der Waals surface area contributed by atoms with E-state index in [1.165, 1.54) is 32.1 Å². The van der Waals surface area contributed by atoms with Crippen LogP contribution in [0.2, 0.25) is 0 Å². The van der Waals surface area contributed by atoms with Crippen LogP contribution in [0.25, 0.3) is 11.1 Å². The molecule has 2 N–H and O–H groups in total. The Hall–Kier alpha value is -3.43. The average Bonchev–Trinajstić information content (AvgIpc) is 2.85. The van der Waals surface area contributed by atoms with Gasteiger partial charge in [0.1, 0.15) is 17.3 Å². The van der Waals surface area contributed by atoms with Crippen LogP contribution < -0.4 is 10.6 Å². The van der Waals surface area contributed by atoms with Gasteiger partial charge in [0, 0.05) is 37.2 Å². The zero-order valence-corrected chi connectivity index (χ0v) is 18.5. The molecule has 1 aliphatic rings. The van der Waals surface area contributed by atoms with E-state index in [4.69, 9.17) is 11.2 Å². The number of pyridine rings is 1. The summed E-state index contributed by atoms with van der Waals surface area (Å²) in [6, 6.07) is 10.5. The normalized spacial score (nSPS) is 14.0. The molecule has 0 saturated heterocycles. The molecular formula is C26H29N5O. The molecule has 2 aromatic heterocycles. The molecule has 0 bridgehead atoms. The van der Waals surface area contributed by atoms with Gasteiger partial charge < -0.3 is 15.4 Å². The van der Waals surface area contributed by atoms with Gasteiger partial charge in [-0.15, -0.1) is 6.42 Å². The fraction of sp³-hybridized carbons (Fsp3) is 0.346. The first kappa shape index (κ1) is 21.8. The fourth-order valence-corrected chi connectivity index (χ4v) is 4.09. The van der Waals surface area contributed by atoms with E-state index in [2.05, 4.69) is 55.8 Å². The second kappa shape index (κ2) is 10.7. The van der Waals surface area contributed by atoms with Gasteiger partial charge >= 0.3 is 0 Å². The standard InChI is InChI=1S/C26H29N5O/c1-3-22-15-29-26(17-27-22)31-25-13-24(28-14-19-7-5-4-6-8-19)23(16-30-25)21-11-9-20(10-12-21)18-32-2/h1,9-13,15-17,19H,4-8,14,18H2,2H3,(H2,28,29,30,31). The number of anilines is 3. The van der Waals surface area contributed by atoms with Crippen molar-refractivity contribution in [1.29, 1.82) is 0 Å². The van der Waals surface area contributed by atoms with Crippen molar-refractivity contribution in [3.63, 3.8) is 0 Å². The van der Waals surface area contributed by atoms with Crippen molar-refractivity contribution in [2.24, 2.45) is 5.92 Å². The summed E-state index contributed by atoms with van der Waals surface area (Å²) in [4.78, 5) is 13.1. The highest BCUT2D eigenvalue weighted by molar-refractivity contribution is 5.79. The number of methoxy groups -OCH3 is 1. The monoisotopic (exact) mass is 427 g/mol. The van der Waals surface area contributed by atoms with Crippen LogP contribution in [0.1, 0.15) is 43.4 Å². The lowest BCUT2D eigenvalue weighted by Crippen LogP contribution is -2.17. The third kappa shape index (κ3) is 5.63. The van der Waals surface area contributed by atoms with Crippen LogP contribution in [-0.2, 0) is 11.3 Å². The van der Waals surface area contributed by atoms with E-state index in [1.807, 2.05) is 12.3 Å². The number of benzene rings is 1. The second-order valence-electron chi connectivity index (χ2n) is 8.19. The molecule has 0 atom stereocenters. The minimum atomic E-state index is 0.505. The van der Waals surface area contributed by atoms with E-state index in [1.54, 1.807) is 19.5 Å². The molecule has 0 radical (unpaired) electrons. The molecule has 32 heavy (non-hydrogen) atoms. The van der Waals surface area contributed by atoms with Crippen LogP contribution >= 0.6 is 0 Å². The van der Waals surface area contributed by atoms with E-state index < -0.39 is 0 Å². The SMILES string of the molecule is C#Cc1cnc(Nc2cc(NCC3CCCCC3)c(-c3ccc(COC)cc3)cn2)cn1. The summed E-state index contributed by atoms with van der Waals surface area (Å²) in [6.07, 6.45) is 17.1. The Morgan fingerprint density at radius 3 is 2.47 bits per heavy atom. The number of hydrogen-bond donors (Lipinski definition) is 2. The zero-order valence-electron chi connectivity index (χ0n) is 18.5. The highest BCUT2D eigenvalue weighted by atomic mass is 16.5. The van der Waals surface area contributed by atoms with Crippen LogP contribution in [0.15, 0.2) is 48.9 Å². The van der Waals surface area contributed by atoms with Gasteiger partial charge in [-0.1, -0.05) is 43.5 Å². The largest absolute Gasteiger partial charge is 0.384 e. The smallest absolute Gasteiger partial charge is 0.150 e. The van der Waals surface area contributed by atoms with Crippen molar-refractivity contribution >= 4 is 17.3 Å². The summed E-state index contributed by atoms with van der Waals surface area (Å²) in [5, 5.41) is 6.93. The van der Waals surface area contributed by atoms with E-state index in [0.29, 0.717) is 29.9 Å². The van der Waals surface area contributed by atoms with Crippen LogP contribution in [0.3, 0.4) is 0 Å². The molecule has 1 saturated carbocycles. The molecular weight excluding hydrogens is 398 g/mol. The van der Waals surface area contributed by atoms with Gasteiger partial charge in [0.2, 0.25) is 0 Å². The number of aromatic nitrogens is 3. The second-order valence-corrected chi connectivity index (χ2v) is 8.19. The van der Waals surface area contributed by atoms with Gasteiger partial charge in [0.15, 0.2) is 0 Å². The molecule has 6 heteroatoms. The molecule has 1 aromatic carbocycles. The number of nitrogens with zero attached hydrogens (tertiary/aromatic N) is 3. The molecule has 6 nitrogen and oxygen atoms in total. The molecule has 0 spiro atoms. The first-order chi connectivity index (χ1) is 15.7. The third-order valence-electron chi connectivity index (χ3n) is 5.84. The van der Waals surface area contributed by atoms with Crippen LogP contribution in [0.4, 0.5) is 17.3 Å². The maximum Gasteiger partial charge on any atom is 0.150 e. The lowest BCUT2D eigenvalue weighted by atomic mass is 9.89. The highest BCUT2D eigenvalue weighted by Crippen LogP contribution is 2.32. The molecule has 4 rings (SSSR count). The van der Waals surface area contributed by atoms with E-state index in [-0.39, 0.29) is 0 Å². The van der Waals surface area contributed by atoms with Crippen molar-refractivity contribution < 1.29 is 4.74 Å². The predicted octanol–water partition coefficient (Wildman–Crippen LogP) is 5.40. The topological polar surface area (TPSA) is 72.0 Å². The maximum absolute atomic E-state index is 5.36. The Bertz CT molecular complexity index is 1050. The zero-order chi connectivity index (χ0) is 22.2. The van der Waals surface area contributed by atoms with Crippen molar-refractivity contribution in [3.8, 4) is 23.5 Å². The summed E-state index contributed by atoms with van der Waals surface area (Å²) >= 11 is 0. The number of hydrogen-bond acceptors (Lipinski definition) is 6.